The van der Waals surface area contributed by atoms with Crippen LogP contribution < -0.4 is 5.32 Å². The van der Waals surface area contributed by atoms with E-state index in [2.05, 4.69) is 5.32 Å². The van der Waals surface area contributed by atoms with Crippen LogP contribution in [0.1, 0.15) is 31.9 Å². The zero-order chi connectivity index (χ0) is 13.8. The Morgan fingerprint density at radius 3 is 2.56 bits per heavy atom. The molecule has 0 saturated carbocycles. The molecule has 5 heteroatoms. The molecule has 0 aliphatic rings. The van der Waals surface area contributed by atoms with Crippen molar-refractivity contribution in [2.45, 2.75) is 32.4 Å². The maximum atomic E-state index is 13.1. The third kappa shape index (κ3) is 5.14. The second kappa shape index (κ2) is 6.29. The van der Waals surface area contributed by atoms with Gasteiger partial charge in [0.2, 0.25) is 0 Å². The molecular weight excluding hydrogens is 253 g/mol. The predicted octanol–water partition coefficient (Wildman–Crippen LogP) is 2.30. The van der Waals surface area contributed by atoms with E-state index in [1.54, 1.807) is 6.07 Å². The first kappa shape index (κ1) is 15.1. The van der Waals surface area contributed by atoms with Gasteiger partial charge in [0.05, 0.1) is 5.75 Å². The monoisotopic (exact) mass is 273 g/mol. The predicted molar refractivity (Wildman–Crippen MR) is 71.7 cm³/mol. The van der Waals surface area contributed by atoms with Gasteiger partial charge in [-0.1, -0.05) is 19.1 Å². The maximum Gasteiger partial charge on any atom is 0.148 e. The summed E-state index contributed by atoms with van der Waals surface area (Å²) in [6, 6.07) is 6.20. The lowest BCUT2D eigenvalue weighted by Gasteiger charge is -2.22. The first-order valence-electron chi connectivity index (χ1n) is 6.01. The Balaban J connectivity index is 2.73. The second-order valence-electron chi connectivity index (χ2n) is 4.68. The van der Waals surface area contributed by atoms with E-state index < -0.39 is 9.84 Å². The van der Waals surface area contributed by atoms with Gasteiger partial charge in [-0.15, -0.1) is 0 Å². The van der Waals surface area contributed by atoms with Crippen molar-refractivity contribution in [2.24, 2.45) is 0 Å². The summed E-state index contributed by atoms with van der Waals surface area (Å²) >= 11 is 0. The van der Waals surface area contributed by atoms with Crippen LogP contribution in [0.2, 0.25) is 0 Å². The van der Waals surface area contributed by atoms with Gasteiger partial charge in [0.1, 0.15) is 15.7 Å². The molecule has 0 heterocycles. The van der Waals surface area contributed by atoms with Crippen molar-refractivity contribution in [3.8, 4) is 0 Å². The normalized spacial score (nSPS) is 15.3. The highest BCUT2D eigenvalue weighted by Gasteiger charge is 2.16. The van der Waals surface area contributed by atoms with E-state index >= 15 is 0 Å². The Morgan fingerprint density at radius 2 is 2.06 bits per heavy atom. The van der Waals surface area contributed by atoms with Gasteiger partial charge in [0.15, 0.2) is 0 Å². The number of hydrogen-bond acceptors (Lipinski definition) is 3. The lowest BCUT2D eigenvalue weighted by molar-refractivity contribution is 0.462. The molecule has 18 heavy (non-hydrogen) atoms. The van der Waals surface area contributed by atoms with Crippen LogP contribution in [0.15, 0.2) is 24.3 Å². The summed E-state index contributed by atoms with van der Waals surface area (Å²) in [7, 11) is -3.00. The van der Waals surface area contributed by atoms with Gasteiger partial charge in [-0.2, -0.15) is 0 Å². The highest BCUT2D eigenvalue weighted by Crippen LogP contribution is 2.18. The van der Waals surface area contributed by atoms with E-state index in [0.29, 0.717) is 0 Å². The van der Waals surface area contributed by atoms with Crippen molar-refractivity contribution < 1.29 is 12.8 Å². The molecule has 3 nitrogen and oxygen atoms in total. The van der Waals surface area contributed by atoms with E-state index in [-0.39, 0.29) is 23.7 Å². The number of nitrogens with one attached hydrogen (secondary N) is 1. The largest absolute Gasteiger partial charge is 0.306 e. The fourth-order valence-corrected chi connectivity index (χ4v) is 3.02. The third-order valence-corrected chi connectivity index (χ3v) is 3.80. The fraction of sp³-hybridized carbons (Fsp3) is 0.538. The Morgan fingerprint density at radius 1 is 1.39 bits per heavy atom. The zero-order valence-corrected chi connectivity index (χ0v) is 11.8. The molecule has 102 valence electrons. The van der Waals surface area contributed by atoms with Gasteiger partial charge in [-0.25, -0.2) is 12.8 Å². The maximum absolute atomic E-state index is 13.1. The lowest BCUT2D eigenvalue weighted by Crippen LogP contribution is -2.35. The molecule has 1 N–H and O–H groups in total. The number of hydrogen-bond donors (Lipinski definition) is 1. The highest BCUT2D eigenvalue weighted by molar-refractivity contribution is 7.90. The van der Waals surface area contributed by atoms with E-state index in [0.717, 1.165) is 12.0 Å². The summed E-state index contributed by atoms with van der Waals surface area (Å²) in [4.78, 5) is 0. The first-order valence-corrected chi connectivity index (χ1v) is 8.07. The summed E-state index contributed by atoms with van der Waals surface area (Å²) in [5.74, 6) is -0.192. The van der Waals surface area contributed by atoms with Gasteiger partial charge in [-0.05, 0) is 31.0 Å². The molecule has 0 fully saturated rings. The van der Waals surface area contributed by atoms with E-state index in [9.17, 15) is 12.8 Å². The van der Waals surface area contributed by atoms with E-state index in [1.807, 2.05) is 19.9 Å². The van der Waals surface area contributed by atoms with Crippen molar-refractivity contribution in [1.29, 1.82) is 0 Å². The van der Waals surface area contributed by atoms with Gasteiger partial charge in [0, 0.05) is 18.3 Å². The fourth-order valence-electron chi connectivity index (χ4n) is 2.02. The molecule has 2 unspecified atom stereocenters. The molecule has 0 bridgehead atoms. The standard InChI is InChI=1S/C13H20FNO2S/c1-4-13(11-6-5-7-12(14)8-11)15-10(2)9-18(3,16)17/h5-8,10,13,15H,4,9H2,1-3H3. The Hall–Kier alpha value is -0.940. The SMILES string of the molecule is CCC(NC(C)CS(C)(=O)=O)c1cccc(F)c1. The van der Waals surface area contributed by atoms with Crippen LogP contribution in [0.25, 0.3) is 0 Å². The van der Waals surface area contributed by atoms with E-state index in [1.165, 1.54) is 18.4 Å². The quantitative estimate of drug-likeness (QED) is 0.865. The molecule has 0 aromatic heterocycles. The summed E-state index contributed by atoms with van der Waals surface area (Å²) in [5, 5.41) is 3.22. The van der Waals surface area contributed by atoms with Crippen molar-refractivity contribution in [1.82, 2.24) is 5.32 Å². The number of sulfone groups is 1. The number of halogens is 1. The van der Waals surface area contributed by atoms with Crippen LogP contribution in [0, 0.1) is 5.82 Å². The topological polar surface area (TPSA) is 46.2 Å². The van der Waals surface area contributed by atoms with Crippen LogP contribution in [0.3, 0.4) is 0 Å². The smallest absolute Gasteiger partial charge is 0.148 e. The van der Waals surface area contributed by atoms with Crippen LogP contribution in [0.4, 0.5) is 4.39 Å². The molecule has 1 aromatic carbocycles. The number of benzene rings is 1. The van der Waals surface area contributed by atoms with Crippen molar-refractivity contribution >= 4 is 9.84 Å². The molecule has 0 aliphatic heterocycles. The minimum absolute atomic E-state index is 0.0301. The second-order valence-corrected chi connectivity index (χ2v) is 6.86. The van der Waals surface area contributed by atoms with Crippen LogP contribution in [-0.4, -0.2) is 26.5 Å². The highest BCUT2D eigenvalue weighted by atomic mass is 32.2. The summed E-state index contributed by atoms with van der Waals surface area (Å²) in [6.07, 6.45) is 1.99. The summed E-state index contributed by atoms with van der Waals surface area (Å²) in [5.41, 5.74) is 0.845. The third-order valence-electron chi connectivity index (χ3n) is 2.70. The molecule has 0 aliphatic carbocycles. The van der Waals surface area contributed by atoms with Crippen LogP contribution >= 0.6 is 0 Å². The van der Waals surface area contributed by atoms with Gasteiger partial charge >= 0.3 is 0 Å². The van der Waals surface area contributed by atoms with Crippen molar-refractivity contribution in [3.63, 3.8) is 0 Å². The molecule has 1 rings (SSSR count). The minimum atomic E-state index is -3.00. The molecule has 0 spiro atoms. The minimum Gasteiger partial charge on any atom is -0.306 e. The molecule has 1 aromatic rings. The van der Waals surface area contributed by atoms with Gasteiger partial charge < -0.3 is 5.32 Å². The number of rotatable bonds is 6. The Kier molecular flexibility index (Phi) is 5.28. The lowest BCUT2D eigenvalue weighted by atomic mass is 10.0. The van der Waals surface area contributed by atoms with Crippen LogP contribution in [0.5, 0.6) is 0 Å². The van der Waals surface area contributed by atoms with E-state index in [4.69, 9.17) is 0 Å². The average Bonchev–Trinajstić information content (AvgIpc) is 2.23. The van der Waals surface area contributed by atoms with Crippen molar-refractivity contribution in [3.05, 3.63) is 35.6 Å². The molecule has 0 radical (unpaired) electrons. The van der Waals surface area contributed by atoms with Gasteiger partial charge in [0.25, 0.3) is 0 Å². The summed E-state index contributed by atoms with van der Waals surface area (Å²) in [6.45, 7) is 3.80. The van der Waals surface area contributed by atoms with Crippen LogP contribution in [-0.2, 0) is 9.84 Å². The van der Waals surface area contributed by atoms with Gasteiger partial charge in [-0.3, -0.25) is 0 Å². The molecule has 0 saturated heterocycles. The molecular formula is C13H20FNO2S. The zero-order valence-electron chi connectivity index (χ0n) is 11.0. The average molecular weight is 273 g/mol. The molecule has 2 atom stereocenters. The Labute approximate surface area is 108 Å². The Bertz CT molecular complexity index is 488. The summed E-state index contributed by atoms with van der Waals surface area (Å²) < 4.78 is 35.6. The molecule has 0 amide bonds. The first-order chi connectivity index (χ1) is 8.31. The van der Waals surface area contributed by atoms with Crippen molar-refractivity contribution in [2.75, 3.05) is 12.0 Å².